The summed E-state index contributed by atoms with van der Waals surface area (Å²) < 4.78 is 0. The summed E-state index contributed by atoms with van der Waals surface area (Å²) in [4.78, 5) is 15.1. The van der Waals surface area contributed by atoms with Crippen LogP contribution in [0.1, 0.15) is 10.5 Å². The van der Waals surface area contributed by atoms with Crippen molar-refractivity contribution in [2.75, 3.05) is 0 Å². The lowest BCUT2D eigenvalue weighted by Crippen LogP contribution is -1.98. The summed E-state index contributed by atoms with van der Waals surface area (Å²) in [7, 11) is 0. The zero-order valence-electron chi connectivity index (χ0n) is 8.66. The fourth-order valence-electron chi connectivity index (χ4n) is 1.80. The molecule has 17 heavy (non-hydrogen) atoms. The lowest BCUT2D eigenvalue weighted by Gasteiger charge is -1.94. The van der Waals surface area contributed by atoms with Gasteiger partial charge in [-0.1, -0.05) is 24.3 Å². The predicted octanol–water partition coefficient (Wildman–Crippen LogP) is 1.83. The van der Waals surface area contributed by atoms with Crippen LogP contribution >= 0.6 is 0 Å². The molecule has 5 nitrogen and oxygen atoms in total. The maximum absolute atomic E-state index is 11.0. The van der Waals surface area contributed by atoms with Gasteiger partial charge >= 0.3 is 5.97 Å². The summed E-state index contributed by atoms with van der Waals surface area (Å²) in [5.41, 5.74) is 0.725. The first-order chi connectivity index (χ1) is 8.27. The average molecular weight is 225 g/mol. The van der Waals surface area contributed by atoms with Crippen LogP contribution in [0.25, 0.3) is 22.2 Å². The van der Waals surface area contributed by atoms with Crippen LogP contribution in [0.3, 0.4) is 0 Å². The molecule has 0 bridgehead atoms. The molecule has 0 aromatic heterocycles. The van der Waals surface area contributed by atoms with Gasteiger partial charge in [0, 0.05) is 11.6 Å². The zero-order valence-corrected chi connectivity index (χ0v) is 8.66. The molecule has 2 aliphatic heterocycles. The van der Waals surface area contributed by atoms with Crippen LogP contribution in [0.2, 0.25) is 0 Å². The van der Waals surface area contributed by atoms with E-state index in [0.717, 1.165) is 10.8 Å². The Kier molecular flexibility index (Phi) is 1.98. The standard InChI is InChI=1S/C12H7N3O2/c16-12(17)11-10-9(14-15-11)8-4-2-1-3-7(8)5-6-13-10/h1-6H,(H,16,17). The Morgan fingerprint density at radius 2 is 1.88 bits per heavy atom. The van der Waals surface area contributed by atoms with E-state index < -0.39 is 5.97 Å². The summed E-state index contributed by atoms with van der Waals surface area (Å²) in [6, 6.07) is 9.40. The van der Waals surface area contributed by atoms with Gasteiger partial charge in [0.15, 0.2) is 5.69 Å². The molecule has 3 rings (SSSR count). The topological polar surface area (TPSA) is 76.0 Å². The fourth-order valence-corrected chi connectivity index (χ4v) is 1.80. The van der Waals surface area contributed by atoms with Crippen molar-refractivity contribution in [1.82, 2.24) is 15.2 Å². The molecule has 0 saturated carbocycles. The van der Waals surface area contributed by atoms with Gasteiger partial charge in [-0.05, 0) is 11.5 Å². The molecule has 0 radical (unpaired) electrons. The van der Waals surface area contributed by atoms with Gasteiger partial charge in [0.2, 0.25) is 0 Å². The highest BCUT2D eigenvalue weighted by molar-refractivity contribution is 6.00. The number of aromatic nitrogens is 3. The van der Waals surface area contributed by atoms with Crippen molar-refractivity contribution < 1.29 is 9.90 Å². The molecule has 2 aliphatic rings. The van der Waals surface area contributed by atoms with Gasteiger partial charge in [-0.25, -0.2) is 4.79 Å². The third-order valence-corrected chi connectivity index (χ3v) is 2.57. The SMILES string of the molecule is O=C(O)c1nnc2c3ccccc3ccnc1-2. The van der Waals surface area contributed by atoms with Crippen LogP contribution < -0.4 is 0 Å². The molecular formula is C12H7N3O2. The maximum atomic E-state index is 11.0. The molecule has 1 N–H and O–H groups in total. The summed E-state index contributed by atoms with van der Waals surface area (Å²) in [6.07, 6.45) is 1.57. The minimum atomic E-state index is -1.12. The molecule has 1 aromatic carbocycles. The highest BCUT2D eigenvalue weighted by Gasteiger charge is 2.21. The molecule has 1 aromatic rings. The first-order valence-corrected chi connectivity index (χ1v) is 5.01. The van der Waals surface area contributed by atoms with Crippen LogP contribution in [-0.4, -0.2) is 26.3 Å². The highest BCUT2D eigenvalue weighted by atomic mass is 16.4. The Morgan fingerprint density at radius 1 is 1.06 bits per heavy atom. The Morgan fingerprint density at radius 3 is 2.71 bits per heavy atom. The quantitative estimate of drug-likeness (QED) is 0.683. The number of nitrogens with zero attached hydrogens (tertiary/aromatic N) is 3. The van der Waals surface area contributed by atoms with E-state index in [9.17, 15) is 4.79 Å². The minimum absolute atomic E-state index is 0.110. The molecule has 0 amide bonds. The third kappa shape index (κ3) is 1.40. The van der Waals surface area contributed by atoms with Crippen molar-refractivity contribution in [1.29, 1.82) is 0 Å². The molecule has 82 valence electrons. The van der Waals surface area contributed by atoms with E-state index in [-0.39, 0.29) is 5.69 Å². The van der Waals surface area contributed by atoms with Crippen LogP contribution in [0.15, 0.2) is 36.5 Å². The number of fused-ring (bicyclic) bond motifs is 3. The molecular weight excluding hydrogens is 218 g/mol. The first-order valence-electron chi connectivity index (χ1n) is 5.01. The van der Waals surface area contributed by atoms with Crippen LogP contribution in [0.5, 0.6) is 0 Å². The second-order valence-corrected chi connectivity index (χ2v) is 3.58. The summed E-state index contributed by atoms with van der Waals surface area (Å²) in [5.74, 6) is -1.12. The number of carbonyl (C=O) groups is 1. The number of benzene rings is 1. The Labute approximate surface area is 96.1 Å². The summed E-state index contributed by atoms with van der Waals surface area (Å²) >= 11 is 0. The van der Waals surface area contributed by atoms with E-state index in [4.69, 9.17) is 5.11 Å². The van der Waals surface area contributed by atoms with Gasteiger partial charge in [-0.2, -0.15) is 0 Å². The molecule has 0 aliphatic carbocycles. The van der Waals surface area contributed by atoms with Gasteiger partial charge in [0.05, 0.1) is 0 Å². The van der Waals surface area contributed by atoms with E-state index >= 15 is 0 Å². The van der Waals surface area contributed by atoms with Gasteiger partial charge in [-0.3, -0.25) is 4.98 Å². The van der Waals surface area contributed by atoms with Gasteiger partial charge in [-0.15, -0.1) is 10.2 Å². The number of rotatable bonds is 1. The number of hydrogen-bond acceptors (Lipinski definition) is 4. The molecule has 5 heteroatoms. The molecule has 0 fully saturated rings. The van der Waals surface area contributed by atoms with Crippen LogP contribution in [0, 0.1) is 0 Å². The van der Waals surface area contributed by atoms with Crippen molar-refractivity contribution in [3.8, 4) is 11.4 Å². The van der Waals surface area contributed by atoms with E-state index in [2.05, 4.69) is 15.2 Å². The molecule has 0 unspecified atom stereocenters. The lowest BCUT2D eigenvalue weighted by atomic mass is 10.1. The van der Waals surface area contributed by atoms with Crippen molar-refractivity contribution in [3.63, 3.8) is 0 Å². The van der Waals surface area contributed by atoms with E-state index in [1.165, 1.54) is 0 Å². The summed E-state index contributed by atoms with van der Waals surface area (Å²) in [6.45, 7) is 0. The van der Waals surface area contributed by atoms with Crippen LogP contribution in [0.4, 0.5) is 0 Å². The van der Waals surface area contributed by atoms with Crippen molar-refractivity contribution in [3.05, 3.63) is 42.2 Å². The first kappa shape index (κ1) is 9.65. The fraction of sp³-hybridized carbons (Fsp3) is 0. The van der Waals surface area contributed by atoms with Crippen molar-refractivity contribution in [2.45, 2.75) is 0 Å². The molecule has 0 atom stereocenters. The highest BCUT2D eigenvalue weighted by Crippen LogP contribution is 2.27. The Balaban J connectivity index is 2.43. The minimum Gasteiger partial charge on any atom is -0.476 e. The monoisotopic (exact) mass is 225 g/mol. The average Bonchev–Trinajstić information content (AvgIpc) is 2.66. The second kappa shape index (κ2) is 3.48. The third-order valence-electron chi connectivity index (χ3n) is 2.57. The smallest absolute Gasteiger partial charge is 0.358 e. The van der Waals surface area contributed by atoms with Crippen molar-refractivity contribution in [2.24, 2.45) is 0 Å². The summed E-state index contributed by atoms with van der Waals surface area (Å²) in [5, 5.41) is 18.4. The maximum Gasteiger partial charge on any atom is 0.358 e. The Bertz CT molecular complexity index is 696. The Hall–Kier alpha value is -2.56. The van der Waals surface area contributed by atoms with Gasteiger partial charge in [0.1, 0.15) is 11.4 Å². The van der Waals surface area contributed by atoms with Crippen molar-refractivity contribution >= 4 is 16.7 Å². The van der Waals surface area contributed by atoms with Gasteiger partial charge in [0.25, 0.3) is 0 Å². The molecule has 0 spiro atoms. The van der Waals surface area contributed by atoms with Gasteiger partial charge < -0.3 is 5.11 Å². The van der Waals surface area contributed by atoms with E-state index in [1.807, 2.05) is 30.3 Å². The predicted molar refractivity (Wildman–Crippen MR) is 60.9 cm³/mol. The van der Waals surface area contributed by atoms with E-state index in [1.54, 1.807) is 6.20 Å². The number of hydrogen-bond donors (Lipinski definition) is 1. The zero-order chi connectivity index (χ0) is 11.8. The largest absolute Gasteiger partial charge is 0.476 e. The second-order valence-electron chi connectivity index (χ2n) is 3.58. The molecule has 0 saturated heterocycles. The van der Waals surface area contributed by atoms with E-state index in [0.29, 0.717) is 11.4 Å². The lowest BCUT2D eigenvalue weighted by molar-refractivity contribution is 0.0691. The number of aromatic carboxylic acids is 1. The van der Waals surface area contributed by atoms with Crippen LogP contribution in [-0.2, 0) is 0 Å². The molecule has 2 heterocycles. The normalized spacial score (nSPS) is 10.8. The number of carboxylic acid groups (broad SMARTS) is 1. The number of carboxylic acids is 1.